The van der Waals surface area contributed by atoms with Gasteiger partial charge in [-0.1, -0.05) is 132 Å². The highest BCUT2D eigenvalue weighted by atomic mass is 14.2. The fraction of sp³-hybridized carbons (Fsp3) is 0.100. The van der Waals surface area contributed by atoms with Crippen LogP contribution in [0.4, 0.5) is 0 Å². The first kappa shape index (κ1) is 24.4. The number of allylic oxidation sites excluding steroid dienone is 2. The van der Waals surface area contributed by atoms with E-state index in [9.17, 15) is 0 Å². The van der Waals surface area contributed by atoms with Gasteiger partial charge in [-0.3, -0.25) is 0 Å². The average Bonchev–Trinajstić information content (AvgIpc) is 3.57. The van der Waals surface area contributed by atoms with Crippen molar-refractivity contribution in [3.63, 3.8) is 0 Å². The first-order valence-electron chi connectivity index (χ1n) is 14.2. The molecule has 0 radical (unpaired) electrons. The van der Waals surface area contributed by atoms with E-state index in [-0.39, 0.29) is 0 Å². The largest absolute Gasteiger partial charge is 0.0683 e. The molecule has 6 aromatic rings. The maximum atomic E-state index is 2.31. The quantitative estimate of drug-likeness (QED) is 0.216. The van der Waals surface area contributed by atoms with Gasteiger partial charge in [-0.2, -0.15) is 0 Å². The summed E-state index contributed by atoms with van der Waals surface area (Å²) in [6, 6.07) is 43.9. The lowest BCUT2D eigenvalue weighted by atomic mass is 9.94. The van der Waals surface area contributed by atoms with Crippen molar-refractivity contribution in [3.8, 4) is 22.3 Å². The summed E-state index contributed by atoms with van der Waals surface area (Å²) in [5.74, 6) is 0. The van der Waals surface area contributed by atoms with Crippen molar-refractivity contribution < 1.29 is 0 Å². The first-order valence-corrected chi connectivity index (χ1v) is 14.2. The lowest BCUT2D eigenvalue weighted by molar-refractivity contribution is 1.20. The highest BCUT2D eigenvalue weighted by molar-refractivity contribution is 5.90. The summed E-state index contributed by atoms with van der Waals surface area (Å²) in [5.41, 5.74) is 14.0. The van der Waals surface area contributed by atoms with E-state index in [4.69, 9.17) is 0 Å². The Kier molecular flexibility index (Phi) is 6.17. The van der Waals surface area contributed by atoms with Crippen LogP contribution >= 0.6 is 0 Å². The lowest BCUT2D eigenvalue weighted by Gasteiger charge is -2.10. The van der Waals surface area contributed by atoms with Crippen LogP contribution in [0.1, 0.15) is 36.1 Å². The SMILES string of the molecule is CC1=Cc2cccc(-c3ccc4ccccc4c3)c2C1.CC1=Cc2cccc(-c3ccc4ccccc4c3)c2C1. The highest BCUT2D eigenvalue weighted by Gasteiger charge is 2.16. The van der Waals surface area contributed by atoms with Crippen LogP contribution < -0.4 is 0 Å². The van der Waals surface area contributed by atoms with E-state index in [0.29, 0.717) is 0 Å². The number of benzene rings is 6. The molecule has 2 aliphatic carbocycles. The van der Waals surface area contributed by atoms with E-state index in [1.54, 1.807) is 0 Å². The Hall–Kier alpha value is -4.68. The Morgan fingerprint density at radius 2 is 0.825 bits per heavy atom. The zero-order valence-electron chi connectivity index (χ0n) is 23.1. The van der Waals surface area contributed by atoms with Crippen LogP contribution in [-0.2, 0) is 12.8 Å². The molecule has 0 atom stereocenters. The van der Waals surface area contributed by atoms with E-state index in [2.05, 4.69) is 147 Å². The molecule has 0 heteroatoms. The number of fused-ring (bicyclic) bond motifs is 4. The molecule has 0 bridgehead atoms. The molecule has 0 aliphatic heterocycles. The standard InChI is InChI=1S/2C20H16/c2*1-14-11-17-7-4-8-19(20(17)12-14)18-10-9-15-5-2-3-6-16(15)13-18/h2*2-11,13H,12H2,1H3. The van der Waals surface area contributed by atoms with Crippen molar-refractivity contribution >= 4 is 33.7 Å². The molecule has 0 amide bonds. The Morgan fingerprint density at radius 3 is 1.27 bits per heavy atom. The summed E-state index contributed by atoms with van der Waals surface area (Å²) in [7, 11) is 0. The van der Waals surface area contributed by atoms with E-state index < -0.39 is 0 Å². The van der Waals surface area contributed by atoms with Crippen molar-refractivity contribution in [1.82, 2.24) is 0 Å². The molecule has 0 N–H and O–H groups in total. The monoisotopic (exact) mass is 512 g/mol. The smallest absolute Gasteiger partial charge is 0.00544 e. The van der Waals surface area contributed by atoms with Gasteiger partial charge in [-0.15, -0.1) is 0 Å². The van der Waals surface area contributed by atoms with E-state index in [1.165, 1.54) is 77.2 Å². The topological polar surface area (TPSA) is 0 Å². The van der Waals surface area contributed by atoms with Crippen molar-refractivity contribution in [2.75, 3.05) is 0 Å². The van der Waals surface area contributed by atoms with Gasteiger partial charge in [0.05, 0.1) is 0 Å². The maximum absolute atomic E-state index is 2.31. The molecule has 0 spiro atoms. The molecule has 2 aliphatic rings. The third kappa shape index (κ3) is 4.56. The van der Waals surface area contributed by atoms with Gasteiger partial charge in [0.25, 0.3) is 0 Å². The van der Waals surface area contributed by atoms with E-state index >= 15 is 0 Å². The average molecular weight is 513 g/mol. The molecule has 0 unspecified atom stereocenters. The second-order valence-electron chi connectivity index (χ2n) is 11.2. The van der Waals surface area contributed by atoms with Crippen LogP contribution in [-0.4, -0.2) is 0 Å². The Morgan fingerprint density at radius 1 is 0.400 bits per heavy atom. The van der Waals surface area contributed by atoms with E-state index in [1.807, 2.05) is 0 Å². The fourth-order valence-electron chi connectivity index (χ4n) is 6.32. The van der Waals surface area contributed by atoms with Crippen molar-refractivity contribution in [1.29, 1.82) is 0 Å². The molecule has 0 nitrogen and oxygen atoms in total. The second kappa shape index (κ2) is 10.1. The molecular weight excluding hydrogens is 480 g/mol. The van der Waals surface area contributed by atoms with Crippen molar-refractivity contribution in [2.45, 2.75) is 26.7 Å². The van der Waals surface area contributed by atoms with Gasteiger partial charge in [-0.05, 0) is 105 Å². The Bertz CT molecular complexity index is 1820. The van der Waals surface area contributed by atoms with Crippen molar-refractivity contribution in [3.05, 3.63) is 155 Å². The molecule has 0 saturated carbocycles. The maximum Gasteiger partial charge on any atom is -0.00544 e. The molecule has 6 aromatic carbocycles. The molecular formula is C40H32. The van der Waals surface area contributed by atoms with Crippen molar-refractivity contribution in [2.24, 2.45) is 0 Å². The van der Waals surface area contributed by atoms with Gasteiger partial charge >= 0.3 is 0 Å². The summed E-state index contributed by atoms with van der Waals surface area (Å²) in [5, 5.41) is 5.23. The van der Waals surface area contributed by atoms with Gasteiger partial charge in [-0.25, -0.2) is 0 Å². The van der Waals surface area contributed by atoms with Crippen LogP contribution in [0.2, 0.25) is 0 Å². The third-order valence-electron chi connectivity index (χ3n) is 8.26. The van der Waals surface area contributed by atoms with Crippen LogP contribution in [0, 0.1) is 0 Å². The molecule has 0 fully saturated rings. The number of hydrogen-bond acceptors (Lipinski definition) is 0. The lowest BCUT2D eigenvalue weighted by Crippen LogP contribution is -1.89. The van der Waals surface area contributed by atoms with E-state index in [0.717, 1.165) is 12.8 Å². The second-order valence-corrected chi connectivity index (χ2v) is 11.2. The minimum Gasteiger partial charge on any atom is -0.0683 e. The zero-order valence-corrected chi connectivity index (χ0v) is 23.1. The number of hydrogen-bond donors (Lipinski definition) is 0. The van der Waals surface area contributed by atoms with Crippen LogP contribution in [0.15, 0.2) is 132 Å². The van der Waals surface area contributed by atoms with Gasteiger partial charge in [0.1, 0.15) is 0 Å². The molecule has 0 heterocycles. The van der Waals surface area contributed by atoms with Gasteiger partial charge in [0, 0.05) is 0 Å². The summed E-state index contributed by atoms with van der Waals surface area (Å²) < 4.78 is 0. The van der Waals surface area contributed by atoms with Gasteiger partial charge in [0.2, 0.25) is 0 Å². The molecule has 0 saturated heterocycles. The van der Waals surface area contributed by atoms with Crippen LogP contribution in [0.3, 0.4) is 0 Å². The fourth-order valence-corrected chi connectivity index (χ4v) is 6.32. The summed E-state index contributed by atoms with van der Waals surface area (Å²) in [6.45, 7) is 4.42. The highest BCUT2D eigenvalue weighted by Crippen LogP contribution is 2.36. The molecule has 192 valence electrons. The van der Waals surface area contributed by atoms with Gasteiger partial charge in [0.15, 0.2) is 0 Å². The minimum atomic E-state index is 1.08. The number of rotatable bonds is 2. The minimum absolute atomic E-state index is 1.08. The summed E-state index contributed by atoms with van der Waals surface area (Å²) >= 11 is 0. The summed E-state index contributed by atoms with van der Waals surface area (Å²) in [4.78, 5) is 0. The molecule has 40 heavy (non-hydrogen) atoms. The Balaban J connectivity index is 0.000000132. The molecule has 0 aromatic heterocycles. The van der Waals surface area contributed by atoms with Gasteiger partial charge < -0.3 is 0 Å². The predicted octanol–water partition coefficient (Wildman–Crippen LogP) is 10.9. The van der Waals surface area contributed by atoms with Crippen LogP contribution in [0.5, 0.6) is 0 Å². The van der Waals surface area contributed by atoms with Crippen LogP contribution in [0.25, 0.3) is 56.0 Å². The molecule has 8 rings (SSSR count). The zero-order chi connectivity index (χ0) is 27.1. The first-order chi connectivity index (χ1) is 19.6. The Labute approximate surface area is 237 Å². The third-order valence-corrected chi connectivity index (χ3v) is 8.26. The summed E-state index contributed by atoms with van der Waals surface area (Å²) in [6.07, 6.45) is 6.77. The predicted molar refractivity (Wildman–Crippen MR) is 173 cm³/mol. The normalized spacial score (nSPS) is 13.3.